The Morgan fingerprint density at radius 1 is 0.786 bits per heavy atom. The van der Waals surface area contributed by atoms with Gasteiger partial charge in [0.05, 0.1) is 25.7 Å². The van der Waals surface area contributed by atoms with Crippen LogP contribution in [0.1, 0.15) is 89.5 Å². The van der Waals surface area contributed by atoms with E-state index >= 15 is 0 Å². The summed E-state index contributed by atoms with van der Waals surface area (Å²) < 4.78 is 18.3. The van der Waals surface area contributed by atoms with Crippen molar-refractivity contribution in [2.75, 3.05) is 19.8 Å². The molecule has 28 heavy (non-hydrogen) atoms. The lowest BCUT2D eigenvalue weighted by Gasteiger charge is -2.43. The Hall–Kier alpha value is -0.0551. The molecule has 166 valence electrons. The first kappa shape index (κ1) is 27.9. The van der Waals surface area contributed by atoms with E-state index < -0.39 is 0 Å². The summed E-state index contributed by atoms with van der Waals surface area (Å²) in [5.41, 5.74) is -0.246. The number of hydrogen-bond donors (Lipinski definition) is 0. The minimum atomic E-state index is -0.247. The Kier molecular flexibility index (Phi) is 11.3. The van der Waals surface area contributed by atoms with Crippen LogP contribution < -0.4 is 0 Å². The lowest BCUT2D eigenvalue weighted by atomic mass is 9.64. The summed E-state index contributed by atoms with van der Waals surface area (Å²) >= 11 is 0. The maximum absolute atomic E-state index is 6.33. The van der Waals surface area contributed by atoms with Crippen LogP contribution in [0.25, 0.3) is 0 Å². The van der Waals surface area contributed by atoms with E-state index in [-0.39, 0.29) is 28.5 Å². The van der Waals surface area contributed by atoms with Gasteiger partial charge >= 0.3 is 0 Å². The summed E-state index contributed by atoms with van der Waals surface area (Å²) in [5, 5.41) is -0.231. The van der Waals surface area contributed by atoms with Crippen molar-refractivity contribution in [3.63, 3.8) is 0 Å². The van der Waals surface area contributed by atoms with Gasteiger partial charge in [-0.15, -0.1) is 0 Å². The highest BCUT2D eigenvalue weighted by Crippen LogP contribution is 2.39. The lowest BCUT2D eigenvalue weighted by molar-refractivity contribution is -0.122. The molecule has 0 fully saturated rings. The Labute approximate surface area is 178 Å². The molecule has 0 aromatic heterocycles. The highest BCUT2D eigenvalue weighted by atomic mass is 16.5. The zero-order chi connectivity index (χ0) is 22.3. The fraction of sp³-hybridized carbons (Fsp3) is 1.00. The zero-order valence-electron chi connectivity index (χ0n) is 21.0. The molecule has 0 bridgehead atoms. The normalized spacial score (nSPS) is 18.2. The van der Waals surface area contributed by atoms with Gasteiger partial charge in [-0.25, -0.2) is 0 Å². The predicted molar refractivity (Wildman–Crippen MR) is 122 cm³/mol. The molecule has 0 aliphatic rings. The maximum Gasteiger partial charge on any atom is 0.0743 e. The average molecular weight is 396 g/mol. The Morgan fingerprint density at radius 2 is 1.32 bits per heavy atom. The average Bonchev–Trinajstić information content (AvgIpc) is 2.55. The van der Waals surface area contributed by atoms with Crippen LogP contribution in [-0.2, 0) is 14.2 Å². The van der Waals surface area contributed by atoms with E-state index in [2.05, 4.69) is 83.1 Å². The van der Waals surface area contributed by atoms with Gasteiger partial charge in [-0.05, 0) is 64.2 Å². The van der Waals surface area contributed by atoms with Gasteiger partial charge in [-0.2, -0.15) is 0 Å². The van der Waals surface area contributed by atoms with Crippen molar-refractivity contribution in [3.05, 3.63) is 0 Å². The second-order valence-electron chi connectivity index (χ2n) is 11.0. The van der Waals surface area contributed by atoms with Crippen molar-refractivity contribution in [3.8, 4) is 0 Å². The topological polar surface area (TPSA) is 27.7 Å². The van der Waals surface area contributed by atoms with Gasteiger partial charge in [0, 0.05) is 19.8 Å². The largest absolute Gasteiger partial charge is 0.379 e. The molecule has 4 heteroatoms. The third-order valence-electron chi connectivity index (χ3n) is 7.03. The van der Waals surface area contributed by atoms with Crippen molar-refractivity contribution in [1.29, 1.82) is 0 Å². The fourth-order valence-corrected chi connectivity index (χ4v) is 2.65. The summed E-state index contributed by atoms with van der Waals surface area (Å²) in [7, 11) is 6.21. The van der Waals surface area contributed by atoms with Crippen molar-refractivity contribution in [1.82, 2.24) is 0 Å². The van der Waals surface area contributed by atoms with Crippen LogP contribution in [-0.4, -0.2) is 45.5 Å². The van der Waals surface area contributed by atoms with Crippen molar-refractivity contribution >= 4 is 7.85 Å². The molecule has 0 aliphatic heterocycles. The van der Waals surface area contributed by atoms with Crippen LogP contribution in [0.4, 0.5) is 0 Å². The smallest absolute Gasteiger partial charge is 0.0743 e. The number of ether oxygens (including phenoxy) is 3. The molecule has 4 unspecified atom stereocenters. The van der Waals surface area contributed by atoms with E-state index in [1.807, 2.05) is 0 Å². The molecule has 0 saturated heterocycles. The molecular weight excluding hydrogens is 347 g/mol. The maximum atomic E-state index is 6.33. The van der Waals surface area contributed by atoms with Crippen LogP contribution in [0.3, 0.4) is 0 Å². The molecule has 0 heterocycles. The standard InChI is InChI=1S/C24H49BO3/c1-17(2)27-15-18(3)20(5)21(6)26-14-13-22(7,8)24(11,12)28-16-19(4)23(9,10)25/h17-21H,13-16H2,1-12H3. The van der Waals surface area contributed by atoms with E-state index in [1.54, 1.807) is 0 Å². The highest BCUT2D eigenvalue weighted by Gasteiger charge is 2.38. The van der Waals surface area contributed by atoms with Crippen molar-refractivity contribution in [2.45, 2.75) is 113 Å². The quantitative estimate of drug-likeness (QED) is 0.322. The number of hydrogen-bond acceptors (Lipinski definition) is 3. The predicted octanol–water partition coefficient (Wildman–Crippen LogP) is 6.30. The van der Waals surface area contributed by atoms with E-state index in [1.165, 1.54) is 0 Å². The molecule has 4 atom stereocenters. The summed E-state index contributed by atoms with van der Waals surface area (Å²) in [4.78, 5) is 0. The van der Waals surface area contributed by atoms with E-state index in [4.69, 9.17) is 22.1 Å². The highest BCUT2D eigenvalue weighted by molar-refractivity contribution is 6.14. The van der Waals surface area contributed by atoms with Crippen molar-refractivity contribution < 1.29 is 14.2 Å². The molecule has 0 rings (SSSR count). The van der Waals surface area contributed by atoms with Crippen LogP contribution >= 0.6 is 0 Å². The van der Waals surface area contributed by atoms with Crippen LogP contribution in [0.2, 0.25) is 5.31 Å². The molecule has 0 aromatic carbocycles. The second kappa shape index (κ2) is 11.4. The monoisotopic (exact) mass is 396 g/mol. The van der Waals surface area contributed by atoms with E-state index in [0.29, 0.717) is 24.4 Å². The summed E-state index contributed by atoms with van der Waals surface area (Å²) in [5.74, 6) is 1.24. The third kappa shape index (κ3) is 9.63. The summed E-state index contributed by atoms with van der Waals surface area (Å²) in [6.45, 7) is 28.2. The van der Waals surface area contributed by atoms with E-state index in [9.17, 15) is 0 Å². The Morgan fingerprint density at radius 3 is 1.79 bits per heavy atom. The molecule has 0 aromatic rings. The minimum Gasteiger partial charge on any atom is -0.379 e. The second-order valence-corrected chi connectivity index (χ2v) is 11.0. The summed E-state index contributed by atoms with van der Waals surface area (Å²) in [6, 6.07) is 0. The van der Waals surface area contributed by atoms with Gasteiger partial charge in [-0.1, -0.05) is 53.8 Å². The Bertz CT molecular complexity index is 426. The van der Waals surface area contributed by atoms with Crippen LogP contribution in [0, 0.1) is 23.2 Å². The molecule has 0 N–H and O–H groups in total. The molecule has 0 amide bonds. The lowest BCUT2D eigenvalue weighted by Crippen LogP contribution is -2.44. The van der Waals surface area contributed by atoms with Gasteiger partial charge in [0.2, 0.25) is 0 Å². The first-order valence-corrected chi connectivity index (χ1v) is 11.2. The van der Waals surface area contributed by atoms with Crippen LogP contribution in [0.5, 0.6) is 0 Å². The minimum absolute atomic E-state index is 0.000783. The van der Waals surface area contributed by atoms with E-state index in [0.717, 1.165) is 19.6 Å². The SMILES string of the molecule is [B]C(C)(C)C(C)COC(C)(C)C(C)(C)CCOC(C)C(C)C(C)COC(C)C. The first-order chi connectivity index (χ1) is 12.5. The third-order valence-corrected chi connectivity index (χ3v) is 7.03. The van der Waals surface area contributed by atoms with Gasteiger partial charge in [-0.3, -0.25) is 0 Å². The van der Waals surface area contributed by atoms with Gasteiger partial charge < -0.3 is 14.2 Å². The van der Waals surface area contributed by atoms with Crippen molar-refractivity contribution in [2.24, 2.45) is 23.2 Å². The van der Waals surface area contributed by atoms with Gasteiger partial charge in [0.25, 0.3) is 0 Å². The molecule has 2 radical (unpaired) electrons. The number of rotatable bonds is 14. The van der Waals surface area contributed by atoms with Gasteiger partial charge in [0.15, 0.2) is 0 Å². The zero-order valence-corrected chi connectivity index (χ0v) is 21.0. The fourth-order valence-electron chi connectivity index (χ4n) is 2.65. The Balaban J connectivity index is 4.52. The molecular formula is C24H49BO3. The molecule has 0 spiro atoms. The molecule has 3 nitrogen and oxygen atoms in total. The summed E-state index contributed by atoms with van der Waals surface area (Å²) in [6.07, 6.45) is 1.44. The molecule has 0 saturated carbocycles. The van der Waals surface area contributed by atoms with Crippen LogP contribution in [0.15, 0.2) is 0 Å². The molecule has 0 aliphatic carbocycles. The van der Waals surface area contributed by atoms with Gasteiger partial charge in [0.1, 0.15) is 0 Å². The first-order valence-electron chi connectivity index (χ1n) is 11.2.